The smallest absolute Gasteiger partial charge is 0.0333 e. The highest BCUT2D eigenvalue weighted by Crippen LogP contribution is 2.49. The summed E-state index contributed by atoms with van der Waals surface area (Å²) in [6.07, 6.45) is 7.97. The van der Waals surface area contributed by atoms with E-state index in [-0.39, 0.29) is 0 Å². The first-order valence-corrected chi connectivity index (χ1v) is 5.24. The van der Waals surface area contributed by atoms with Crippen molar-refractivity contribution in [3.63, 3.8) is 0 Å². The standard InChI is InChI=1S/C10H19Cl/c1-3-9(11)5-4-6-10(2)7-8-10/h9H,3-8H2,1-2H3. The highest BCUT2D eigenvalue weighted by molar-refractivity contribution is 6.20. The first kappa shape index (κ1) is 9.38. The Morgan fingerprint density at radius 1 is 1.45 bits per heavy atom. The van der Waals surface area contributed by atoms with Crippen LogP contribution >= 0.6 is 11.6 Å². The second-order valence-corrected chi connectivity index (χ2v) is 4.83. The maximum absolute atomic E-state index is 6.01. The molecule has 0 N–H and O–H groups in total. The van der Waals surface area contributed by atoms with Crippen LogP contribution in [0.5, 0.6) is 0 Å². The first-order chi connectivity index (χ1) is 5.16. The Bertz CT molecular complexity index is 116. The van der Waals surface area contributed by atoms with Crippen LogP contribution < -0.4 is 0 Å². The molecule has 1 aliphatic rings. The molecule has 0 heterocycles. The summed E-state index contributed by atoms with van der Waals surface area (Å²) in [6, 6.07) is 0. The van der Waals surface area contributed by atoms with E-state index < -0.39 is 0 Å². The van der Waals surface area contributed by atoms with Crippen LogP contribution in [0.2, 0.25) is 0 Å². The predicted octanol–water partition coefficient (Wildman–Crippen LogP) is 3.97. The molecular weight excluding hydrogens is 156 g/mol. The van der Waals surface area contributed by atoms with Crippen LogP contribution in [-0.4, -0.2) is 5.38 Å². The van der Waals surface area contributed by atoms with Crippen molar-refractivity contribution in [3.05, 3.63) is 0 Å². The highest BCUT2D eigenvalue weighted by atomic mass is 35.5. The van der Waals surface area contributed by atoms with Gasteiger partial charge in [-0.05, 0) is 37.5 Å². The summed E-state index contributed by atoms with van der Waals surface area (Å²) in [6.45, 7) is 4.55. The molecule has 0 aromatic rings. The van der Waals surface area contributed by atoms with E-state index in [1.54, 1.807) is 0 Å². The molecule has 11 heavy (non-hydrogen) atoms. The van der Waals surface area contributed by atoms with E-state index in [9.17, 15) is 0 Å². The Morgan fingerprint density at radius 2 is 2.09 bits per heavy atom. The molecule has 1 atom stereocenters. The van der Waals surface area contributed by atoms with E-state index in [0.29, 0.717) is 5.38 Å². The maximum Gasteiger partial charge on any atom is 0.0333 e. The van der Waals surface area contributed by atoms with Gasteiger partial charge in [-0.15, -0.1) is 11.6 Å². The third-order valence-electron chi connectivity index (χ3n) is 2.84. The molecule has 0 aliphatic heterocycles. The van der Waals surface area contributed by atoms with Crippen LogP contribution in [0.15, 0.2) is 0 Å². The molecule has 1 heteroatoms. The molecule has 0 aromatic heterocycles. The lowest BCUT2D eigenvalue weighted by Gasteiger charge is -2.09. The molecule has 0 saturated heterocycles. The SMILES string of the molecule is CCC(Cl)CCCC1(C)CC1. The van der Waals surface area contributed by atoms with Crippen LogP contribution in [0.3, 0.4) is 0 Å². The van der Waals surface area contributed by atoms with Crippen LogP contribution in [-0.2, 0) is 0 Å². The minimum Gasteiger partial charge on any atom is -0.123 e. The van der Waals surface area contributed by atoms with Gasteiger partial charge in [0, 0.05) is 5.38 Å². The van der Waals surface area contributed by atoms with Crippen molar-refractivity contribution in [2.45, 2.75) is 57.7 Å². The second kappa shape index (κ2) is 3.80. The average Bonchev–Trinajstić information content (AvgIpc) is 2.68. The minimum atomic E-state index is 0.428. The molecule has 1 saturated carbocycles. The van der Waals surface area contributed by atoms with Gasteiger partial charge in [-0.1, -0.05) is 20.3 Å². The summed E-state index contributed by atoms with van der Waals surface area (Å²) >= 11 is 6.01. The number of alkyl halides is 1. The summed E-state index contributed by atoms with van der Waals surface area (Å²) in [7, 11) is 0. The van der Waals surface area contributed by atoms with E-state index >= 15 is 0 Å². The zero-order chi connectivity index (χ0) is 8.32. The number of hydrogen-bond donors (Lipinski definition) is 0. The molecule has 1 fully saturated rings. The zero-order valence-corrected chi connectivity index (χ0v) is 8.45. The predicted molar refractivity (Wildman–Crippen MR) is 51.1 cm³/mol. The van der Waals surface area contributed by atoms with Gasteiger partial charge in [0.2, 0.25) is 0 Å². The Hall–Kier alpha value is 0.290. The fraction of sp³-hybridized carbons (Fsp3) is 1.00. The molecule has 0 nitrogen and oxygen atoms in total. The van der Waals surface area contributed by atoms with Gasteiger partial charge < -0.3 is 0 Å². The van der Waals surface area contributed by atoms with Crippen molar-refractivity contribution in [2.24, 2.45) is 5.41 Å². The van der Waals surface area contributed by atoms with Crippen molar-refractivity contribution in [1.29, 1.82) is 0 Å². The molecular formula is C10H19Cl. The Morgan fingerprint density at radius 3 is 2.55 bits per heavy atom. The molecule has 0 radical (unpaired) electrons. The number of hydrogen-bond acceptors (Lipinski definition) is 0. The average molecular weight is 175 g/mol. The van der Waals surface area contributed by atoms with Crippen molar-refractivity contribution >= 4 is 11.6 Å². The fourth-order valence-corrected chi connectivity index (χ4v) is 1.57. The zero-order valence-electron chi connectivity index (χ0n) is 7.70. The minimum absolute atomic E-state index is 0.428. The molecule has 0 amide bonds. The van der Waals surface area contributed by atoms with Gasteiger partial charge in [-0.3, -0.25) is 0 Å². The first-order valence-electron chi connectivity index (χ1n) is 4.80. The topological polar surface area (TPSA) is 0 Å². The highest BCUT2D eigenvalue weighted by Gasteiger charge is 2.36. The molecule has 1 unspecified atom stereocenters. The largest absolute Gasteiger partial charge is 0.123 e. The van der Waals surface area contributed by atoms with Crippen molar-refractivity contribution < 1.29 is 0 Å². The lowest BCUT2D eigenvalue weighted by atomic mass is 10.0. The molecule has 0 spiro atoms. The second-order valence-electron chi connectivity index (χ2n) is 4.21. The number of rotatable bonds is 5. The molecule has 0 bridgehead atoms. The van der Waals surface area contributed by atoms with Gasteiger partial charge in [0.25, 0.3) is 0 Å². The summed E-state index contributed by atoms with van der Waals surface area (Å²) in [5, 5.41) is 0.428. The van der Waals surface area contributed by atoms with Gasteiger partial charge in [0.05, 0.1) is 0 Å². The van der Waals surface area contributed by atoms with Crippen LogP contribution in [0.4, 0.5) is 0 Å². The summed E-state index contributed by atoms with van der Waals surface area (Å²) < 4.78 is 0. The maximum atomic E-state index is 6.01. The van der Waals surface area contributed by atoms with Gasteiger partial charge in [0.15, 0.2) is 0 Å². The third kappa shape index (κ3) is 3.46. The molecule has 0 aromatic carbocycles. The van der Waals surface area contributed by atoms with Gasteiger partial charge in [-0.2, -0.15) is 0 Å². The van der Waals surface area contributed by atoms with Crippen LogP contribution in [0.25, 0.3) is 0 Å². The van der Waals surface area contributed by atoms with Crippen molar-refractivity contribution in [2.75, 3.05) is 0 Å². The van der Waals surface area contributed by atoms with Crippen molar-refractivity contribution in [3.8, 4) is 0 Å². The normalized spacial score (nSPS) is 23.2. The lowest BCUT2D eigenvalue weighted by Crippen LogP contribution is -1.99. The Labute approximate surface area is 75.3 Å². The molecule has 1 rings (SSSR count). The van der Waals surface area contributed by atoms with Gasteiger partial charge in [0.1, 0.15) is 0 Å². The quantitative estimate of drug-likeness (QED) is 0.554. The van der Waals surface area contributed by atoms with Crippen molar-refractivity contribution in [1.82, 2.24) is 0 Å². The van der Waals surface area contributed by atoms with E-state index in [4.69, 9.17) is 11.6 Å². The summed E-state index contributed by atoms with van der Waals surface area (Å²) in [5.41, 5.74) is 0.727. The summed E-state index contributed by atoms with van der Waals surface area (Å²) in [5.74, 6) is 0. The third-order valence-corrected chi connectivity index (χ3v) is 3.37. The van der Waals surface area contributed by atoms with E-state index in [2.05, 4.69) is 13.8 Å². The lowest BCUT2D eigenvalue weighted by molar-refractivity contribution is 0.476. The monoisotopic (exact) mass is 174 g/mol. The van der Waals surface area contributed by atoms with Gasteiger partial charge >= 0.3 is 0 Å². The number of halogens is 1. The van der Waals surface area contributed by atoms with Crippen LogP contribution in [0.1, 0.15) is 52.4 Å². The van der Waals surface area contributed by atoms with E-state index in [1.807, 2.05) is 0 Å². The summed E-state index contributed by atoms with van der Waals surface area (Å²) in [4.78, 5) is 0. The van der Waals surface area contributed by atoms with Crippen LogP contribution in [0, 0.1) is 5.41 Å². The van der Waals surface area contributed by atoms with E-state index in [1.165, 1.54) is 32.1 Å². The van der Waals surface area contributed by atoms with E-state index in [0.717, 1.165) is 11.8 Å². The molecule has 1 aliphatic carbocycles. The fourth-order valence-electron chi connectivity index (χ4n) is 1.42. The Kier molecular flexibility index (Phi) is 3.24. The van der Waals surface area contributed by atoms with Gasteiger partial charge in [-0.25, -0.2) is 0 Å². The Balaban J connectivity index is 1.95. The molecule has 66 valence electrons.